The van der Waals surface area contributed by atoms with E-state index >= 15 is 0 Å². The van der Waals surface area contributed by atoms with Crippen LogP contribution in [0.2, 0.25) is 0 Å². The Hall–Kier alpha value is -3.15. The maximum Gasteiger partial charge on any atom is 0.352 e. The van der Waals surface area contributed by atoms with Crippen molar-refractivity contribution < 1.29 is 38.8 Å². The molecule has 2 aliphatic heterocycles. The van der Waals surface area contributed by atoms with Gasteiger partial charge in [0, 0.05) is 18.0 Å². The number of likely N-dealkylation sites (N-methyl/N-ethyl adjacent to an activating group) is 1. The Labute approximate surface area is 240 Å². The highest BCUT2D eigenvalue weighted by Gasteiger charge is 2.71. The average Bonchev–Trinajstić information content (AvgIpc) is 3.25. The molecular weight excluding hydrogens is 530 g/mol. The largest absolute Gasteiger partial charge is 0.504 e. The van der Waals surface area contributed by atoms with Gasteiger partial charge in [0.05, 0.1) is 17.1 Å². The molecule has 0 unspecified atom stereocenters. The maximum absolute atomic E-state index is 13.2. The predicted molar refractivity (Wildman–Crippen MR) is 148 cm³/mol. The summed E-state index contributed by atoms with van der Waals surface area (Å²) in [5.41, 5.74) is 5.57. The van der Waals surface area contributed by atoms with E-state index in [0.717, 1.165) is 24.1 Å². The Morgan fingerprint density at radius 1 is 1.22 bits per heavy atom. The van der Waals surface area contributed by atoms with Gasteiger partial charge in [0.25, 0.3) is 0 Å². The van der Waals surface area contributed by atoms with E-state index in [4.69, 9.17) is 19.9 Å². The highest BCUT2D eigenvalue weighted by atomic mass is 16.6. The van der Waals surface area contributed by atoms with Crippen molar-refractivity contribution >= 4 is 17.8 Å². The van der Waals surface area contributed by atoms with Crippen LogP contribution in [-0.2, 0) is 35.7 Å². The molecule has 11 nitrogen and oxygen atoms in total. The molecule has 7 atom stereocenters. The van der Waals surface area contributed by atoms with Gasteiger partial charge in [-0.05, 0) is 76.7 Å². The first-order chi connectivity index (χ1) is 19.3. The van der Waals surface area contributed by atoms with E-state index in [1.165, 1.54) is 13.8 Å². The molecule has 0 radical (unpaired) electrons. The molecule has 1 aromatic carbocycles. The third kappa shape index (κ3) is 4.67. The normalized spacial score (nSPS) is 30.2. The van der Waals surface area contributed by atoms with Gasteiger partial charge in [-0.15, -0.1) is 0 Å². The molecule has 4 aliphatic rings. The summed E-state index contributed by atoms with van der Waals surface area (Å²) in [7, 11) is 2.01. The van der Waals surface area contributed by atoms with Crippen LogP contribution in [0, 0.1) is 5.92 Å². The number of aromatic hydroxyl groups is 1. The van der Waals surface area contributed by atoms with Gasteiger partial charge in [-0.25, -0.2) is 9.59 Å². The van der Waals surface area contributed by atoms with Gasteiger partial charge in [0.15, 0.2) is 23.7 Å². The van der Waals surface area contributed by atoms with Gasteiger partial charge in [-0.3, -0.25) is 4.79 Å². The first kappa shape index (κ1) is 29.3. The minimum absolute atomic E-state index is 0.0250. The van der Waals surface area contributed by atoms with E-state index in [1.54, 1.807) is 12.1 Å². The number of amides is 1. The van der Waals surface area contributed by atoms with Crippen LogP contribution < -0.4 is 15.8 Å². The van der Waals surface area contributed by atoms with Crippen LogP contribution in [0.25, 0.3) is 0 Å². The fraction of sp³-hybridized carbons (Fsp3) is 0.633. The molecule has 1 fully saturated rings. The number of nitrogens with one attached hydrogen (secondary N) is 1. The van der Waals surface area contributed by atoms with Crippen molar-refractivity contribution in [1.29, 1.82) is 0 Å². The lowest BCUT2D eigenvalue weighted by Crippen LogP contribution is -2.69. The summed E-state index contributed by atoms with van der Waals surface area (Å²) >= 11 is 0. The van der Waals surface area contributed by atoms with Gasteiger partial charge in [-0.1, -0.05) is 19.9 Å². The zero-order valence-corrected chi connectivity index (χ0v) is 24.3. The molecule has 41 heavy (non-hydrogen) atoms. The lowest BCUT2D eigenvalue weighted by Gasteiger charge is -2.56. The second-order valence-corrected chi connectivity index (χ2v) is 12.4. The van der Waals surface area contributed by atoms with E-state index in [9.17, 15) is 24.6 Å². The summed E-state index contributed by atoms with van der Waals surface area (Å²) < 4.78 is 17.5. The van der Waals surface area contributed by atoms with E-state index in [1.807, 2.05) is 27.0 Å². The van der Waals surface area contributed by atoms with Crippen molar-refractivity contribution in [3.63, 3.8) is 0 Å². The summed E-state index contributed by atoms with van der Waals surface area (Å²) in [6, 6.07) is 1.52. The number of hydrogen-bond acceptors (Lipinski definition) is 10. The SMILES string of the molecule is CC(C)C[C@H](N)C(=O)N[C@@H](C)C(=O)O[C@@H](C)C(=O)OC1=CC[C@@]2(O)[C@H]3Cc4ccc(O)c5c4[C@@]2(CCCN3C)[C@H]1O5. The molecule has 1 amide bonds. The number of phenolic OH excluding ortho intramolecular Hbond substituents is 1. The number of ether oxygens (including phenoxy) is 3. The predicted octanol–water partition coefficient (Wildman–Crippen LogP) is 1.41. The summed E-state index contributed by atoms with van der Waals surface area (Å²) in [5, 5.41) is 25.6. The maximum atomic E-state index is 13.2. The summed E-state index contributed by atoms with van der Waals surface area (Å²) in [4.78, 5) is 40.3. The topological polar surface area (TPSA) is 161 Å². The van der Waals surface area contributed by atoms with Crippen LogP contribution >= 0.6 is 0 Å². The van der Waals surface area contributed by atoms with Crippen molar-refractivity contribution in [3.05, 3.63) is 35.1 Å². The molecule has 2 heterocycles. The molecule has 2 aliphatic carbocycles. The van der Waals surface area contributed by atoms with Crippen molar-refractivity contribution in [2.45, 2.75) is 101 Å². The molecule has 224 valence electrons. The van der Waals surface area contributed by atoms with E-state index in [2.05, 4.69) is 10.2 Å². The summed E-state index contributed by atoms with van der Waals surface area (Å²) in [6.45, 7) is 7.52. The number of nitrogens with zero attached hydrogens (tertiary/aromatic N) is 1. The van der Waals surface area contributed by atoms with Crippen LogP contribution in [0.5, 0.6) is 11.5 Å². The standard InChI is InChI=1S/C30H41N3O8/c1-15(2)13-19(31)26(35)32-16(3)27(36)39-17(4)28(37)40-21-9-11-30(38)22-14-18-7-8-20(34)24-23(18)29(30,25(21)41-24)10-6-12-33(22)5/h7-9,15-17,19,22,25,34,38H,6,10-14,31H2,1-5H3,(H,32,35)/t16-,17-,19-,22+,25-,29-,30+/m0/s1. The van der Waals surface area contributed by atoms with Gasteiger partial charge in [-0.2, -0.15) is 0 Å². The van der Waals surface area contributed by atoms with E-state index in [0.29, 0.717) is 25.0 Å². The molecule has 5 N–H and O–H groups in total. The number of likely N-dealkylation sites (tertiary alicyclic amines) is 1. The van der Waals surface area contributed by atoms with Crippen LogP contribution in [0.4, 0.5) is 0 Å². The first-order valence-corrected chi connectivity index (χ1v) is 14.4. The number of benzene rings is 1. The number of rotatable bonds is 8. The number of aliphatic hydroxyl groups is 1. The van der Waals surface area contributed by atoms with Gasteiger partial charge < -0.3 is 40.4 Å². The Balaban J connectivity index is 1.33. The molecule has 5 rings (SSSR count). The fourth-order valence-corrected chi connectivity index (χ4v) is 7.21. The highest BCUT2D eigenvalue weighted by molar-refractivity contribution is 5.88. The zero-order valence-electron chi connectivity index (χ0n) is 24.3. The molecular formula is C30H41N3O8. The van der Waals surface area contributed by atoms with Crippen LogP contribution in [0.1, 0.15) is 64.5 Å². The van der Waals surface area contributed by atoms with Crippen LogP contribution in [0.15, 0.2) is 24.0 Å². The van der Waals surface area contributed by atoms with Gasteiger partial charge in [0.1, 0.15) is 11.8 Å². The quantitative estimate of drug-likeness (QED) is 0.336. The van der Waals surface area contributed by atoms with E-state index in [-0.39, 0.29) is 29.9 Å². The van der Waals surface area contributed by atoms with Crippen molar-refractivity contribution in [2.75, 3.05) is 13.6 Å². The number of esters is 2. The van der Waals surface area contributed by atoms with Crippen LogP contribution in [-0.4, -0.2) is 82.5 Å². The van der Waals surface area contributed by atoms with Crippen molar-refractivity contribution in [3.8, 4) is 11.5 Å². The number of phenols is 1. The smallest absolute Gasteiger partial charge is 0.352 e. The molecule has 2 bridgehead atoms. The second-order valence-electron chi connectivity index (χ2n) is 12.4. The average molecular weight is 572 g/mol. The Morgan fingerprint density at radius 3 is 2.66 bits per heavy atom. The van der Waals surface area contributed by atoms with Gasteiger partial charge in [0.2, 0.25) is 5.91 Å². The third-order valence-corrected chi connectivity index (χ3v) is 9.19. The monoisotopic (exact) mass is 571 g/mol. The number of nitrogens with two attached hydrogens (primary N) is 1. The third-order valence-electron chi connectivity index (χ3n) is 9.19. The minimum Gasteiger partial charge on any atom is -0.504 e. The molecule has 1 saturated heterocycles. The lowest BCUT2D eigenvalue weighted by molar-refractivity contribution is -0.169. The molecule has 1 spiro atoms. The summed E-state index contributed by atoms with van der Waals surface area (Å²) in [5.74, 6) is -1.37. The number of carbonyl (C=O) groups excluding carboxylic acids is 3. The number of hydrogen-bond donors (Lipinski definition) is 4. The zero-order chi connectivity index (χ0) is 29.9. The summed E-state index contributed by atoms with van der Waals surface area (Å²) in [6.07, 6.45) is 2.22. The molecule has 0 aromatic heterocycles. The Morgan fingerprint density at radius 2 is 1.95 bits per heavy atom. The Kier molecular flexibility index (Phi) is 7.59. The van der Waals surface area contributed by atoms with E-state index < -0.39 is 53.2 Å². The molecule has 11 heteroatoms. The first-order valence-electron chi connectivity index (χ1n) is 14.4. The number of carbonyl (C=O) groups is 3. The van der Waals surface area contributed by atoms with Crippen molar-refractivity contribution in [1.82, 2.24) is 10.2 Å². The lowest BCUT2D eigenvalue weighted by atomic mass is 9.52. The second kappa shape index (κ2) is 10.6. The van der Waals surface area contributed by atoms with Crippen molar-refractivity contribution in [2.24, 2.45) is 11.7 Å². The molecule has 1 aromatic rings. The fourth-order valence-electron chi connectivity index (χ4n) is 7.21. The highest BCUT2D eigenvalue weighted by Crippen LogP contribution is 2.64. The molecule has 0 saturated carbocycles. The Bertz CT molecular complexity index is 1280. The minimum atomic E-state index is -1.28. The van der Waals surface area contributed by atoms with Gasteiger partial charge >= 0.3 is 11.9 Å². The van der Waals surface area contributed by atoms with Crippen LogP contribution in [0.3, 0.4) is 0 Å².